The molecule has 0 spiro atoms. The molecule has 0 rings (SSSR count). The fourth-order valence-corrected chi connectivity index (χ4v) is 4.29. The molecular formula is C32H60N2O8. The number of amides is 2. The van der Waals surface area contributed by atoms with Crippen LogP contribution in [0.15, 0.2) is 0 Å². The monoisotopic (exact) mass is 600 g/mol. The van der Waals surface area contributed by atoms with Crippen LogP contribution in [0.3, 0.4) is 0 Å². The minimum absolute atomic E-state index is 0.00493. The zero-order valence-electron chi connectivity index (χ0n) is 27.9. The largest absolute Gasteiger partial charge is 0.382 e. The molecule has 0 aliphatic heterocycles. The minimum atomic E-state index is -0.666. The molecule has 0 unspecified atom stereocenters. The molecule has 0 aromatic heterocycles. The van der Waals surface area contributed by atoms with Gasteiger partial charge in [-0.1, -0.05) is 55.4 Å². The zero-order valence-corrected chi connectivity index (χ0v) is 27.9. The second-order valence-corrected chi connectivity index (χ2v) is 13.4. The average Bonchev–Trinajstić information content (AvgIpc) is 2.88. The molecule has 0 fully saturated rings. The van der Waals surface area contributed by atoms with Crippen LogP contribution in [0.5, 0.6) is 0 Å². The normalized spacial score (nSPS) is 13.6. The molecule has 2 atom stereocenters. The number of carbonyl (C=O) groups is 4. The molecule has 0 aliphatic carbocycles. The maximum atomic E-state index is 13.3. The second-order valence-electron chi connectivity index (χ2n) is 13.4. The van der Waals surface area contributed by atoms with Crippen LogP contribution in [0, 0.1) is 22.7 Å². The van der Waals surface area contributed by atoms with Gasteiger partial charge in [0.1, 0.15) is 5.78 Å². The van der Waals surface area contributed by atoms with Gasteiger partial charge in [-0.05, 0) is 30.6 Å². The van der Waals surface area contributed by atoms with Gasteiger partial charge in [0.15, 0.2) is 5.78 Å². The minimum Gasteiger partial charge on any atom is -0.382 e. The molecule has 42 heavy (non-hydrogen) atoms. The Kier molecular flexibility index (Phi) is 20.8. The standard InChI is InChI=1S/C32H60N2O8/c1-24(2)29(34-28(37)11-10-14-31(3,4)5)26(35)23-25(30(38)32(6,7)8)12-13-27(36)33-15-16-40-19-20-42-22-21-41-18-17-39-9/h24-25,29H,10-23H2,1-9H3,(H,33,36)(H,34,37)/t25-,29+/m1/s1. The Morgan fingerprint density at radius 3 is 1.79 bits per heavy atom. The molecule has 10 heteroatoms. The maximum Gasteiger partial charge on any atom is 0.220 e. The quantitative estimate of drug-likeness (QED) is 0.158. The molecule has 0 radical (unpaired) electrons. The van der Waals surface area contributed by atoms with Gasteiger partial charge in [-0.25, -0.2) is 0 Å². The summed E-state index contributed by atoms with van der Waals surface area (Å²) in [5.41, 5.74) is -0.514. The van der Waals surface area contributed by atoms with Crippen molar-refractivity contribution in [3.8, 4) is 0 Å². The van der Waals surface area contributed by atoms with E-state index in [1.165, 1.54) is 0 Å². The third-order valence-electron chi connectivity index (χ3n) is 6.68. The van der Waals surface area contributed by atoms with E-state index in [2.05, 4.69) is 31.4 Å². The third kappa shape index (κ3) is 20.9. The van der Waals surface area contributed by atoms with Crippen molar-refractivity contribution in [2.24, 2.45) is 22.7 Å². The molecular weight excluding hydrogens is 540 g/mol. The van der Waals surface area contributed by atoms with Crippen LogP contribution in [-0.4, -0.2) is 89.3 Å². The van der Waals surface area contributed by atoms with Crippen molar-refractivity contribution in [3.05, 3.63) is 0 Å². The summed E-state index contributed by atoms with van der Waals surface area (Å²) >= 11 is 0. The van der Waals surface area contributed by atoms with Crippen molar-refractivity contribution in [1.82, 2.24) is 10.6 Å². The van der Waals surface area contributed by atoms with E-state index in [4.69, 9.17) is 18.9 Å². The molecule has 2 N–H and O–H groups in total. The highest BCUT2D eigenvalue weighted by Crippen LogP contribution is 2.27. The number of hydrogen-bond donors (Lipinski definition) is 2. The van der Waals surface area contributed by atoms with Gasteiger partial charge in [-0.3, -0.25) is 19.2 Å². The van der Waals surface area contributed by atoms with Crippen LogP contribution in [0.2, 0.25) is 0 Å². The Balaban J connectivity index is 4.67. The molecule has 0 saturated heterocycles. The van der Waals surface area contributed by atoms with Crippen LogP contribution < -0.4 is 10.6 Å². The van der Waals surface area contributed by atoms with Gasteiger partial charge < -0.3 is 29.6 Å². The van der Waals surface area contributed by atoms with Gasteiger partial charge in [-0.2, -0.15) is 0 Å². The molecule has 2 amide bonds. The highest BCUT2D eigenvalue weighted by Gasteiger charge is 2.34. The van der Waals surface area contributed by atoms with Crippen LogP contribution in [-0.2, 0) is 38.1 Å². The summed E-state index contributed by atoms with van der Waals surface area (Å²) in [6.45, 7) is 19.2. The Hall–Kier alpha value is -1.88. The summed E-state index contributed by atoms with van der Waals surface area (Å²) in [7, 11) is 1.62. The number of Topliss-reactive ketones (excluding diaryl/α,β-unsaturated/α-hetero) is 2. The third-order valence-corrected chi connectivity index (χ3v) is 6.68. The fraction of sp³-hybridized carbons (Fsp3) is 0.875. The number of nitrogens with one attached hydrogen (secondary N) is 2. The summed E-state index contributed by atoms with van der Waals surface area (Å²) in [4.78, 5) is 51.6. The first-order valence-electron chi connectivity index (χ1n) is 15.4. The van der Waals surface area contributed by atoms with Gasteiger partial charge in [-0.15, -0.1) is 0 Å². The van der Waals surface area contributed by atoms with Crippen molar-refractivity contribution < 1.29 is 38.1 Å². The maximum absolute atomic E-state index is 13.3. The van der Waals surface area contributed by atoms with Crippen LogP contribution >= 0.6 is 0 Å². The molecule has 0 aromatic carbocycles. The topological polar surface area (TPSA) is 129 Å². The van der Waals surface area contributed by atoms with Gasteiger partial charge in [0, 0.05) is 44.2 Å². The van der Waals surface area contributed by atoms with E-state index in [-0.39, 0.29) is 54.0 Å². The number of methoxy groups -OCH3 is 1. The predicted octanol–water partition coefficient (Wildman–Crippen LogP) is 4.13. The zero-order chi connectivity index (χ0) is 32.2. The molecule has 10 nitrogen and oxygen atoms in total. The lowest BCUT2D eigenvalue weighted by atomic mass is 9.77. The first-order valence-corrected chi connectivity index (χ1v) is 15.4. The summed E-state index contributed by atoms with van der Waals surface area (Å²) in [5.74, 6) is -1.30. The molecule has 0 saturated carbocycles. The van der Waals surface area contributed by atoms with E-state index < -0.39 is 17.4 Å². The average molecular weight is 601 g/mol. The highest BCUT2D eigenvalue weighted by molar-refractivity contribution is 5.94. The van der Waals surface area contributed by atoms with E-state index in [1.807, 2.05) is 34.6 Å². The first-order chi connectivity index (χ1) is 19.6. The van der Waals surface area contributed by atoms with E-state index in [9.17, 15) is 19.2 Å². The Labute approximate surface area is 254 Å². The van der Waals surface area contributed by atoms with E-state index >= 15 is 0 Å². The van der Waals surface area contributed by atoms with Crippen LogP contribution in [0.4, 0.5) is 0 Å². The Bertz CT molecular complexity index is 786. The number of ketones is 2. The Morgan fingerprint density at radius 1 is 0.738 bits per heavy atom. The van der Waals surface area contributed by atoms with Crippen molar-refractivity contribution in [3.63, 3.8) is 0 Å². The molecule has 0 heterocycles. The van der Waals surface area contributed by atoms with Crippen molar-refractivity contribution in [1.29, 1.82) is 0 Å². The van der Waals surface area contributed by atoms with E-state index in [0.29, 0.717) is 59.2 Å². The van der Waals surface area contributed by atoms with Crippen LogP contribution in [0.25, 0.3) is 0 Å². The van der Waals surface area contributed by atoms with E-state index in [0.717, 1.165) is 12.8 Å². The molecule has 0 aliphatic rings. The summed E-state index contributed by atoms with van der Waals surface area (Å²) in [6.07, 6.45) is 2.40. The lowest BCUT2D eigenvalue weighted by Gasteiger charge is -2.27. The van der Waals surface area contributed by atoms with Gasteiger partial charge in [0.2, 0.25) is 11.8 Å². The summed E-state index contributed by atoms with van der Waals surface area (Å²) in [6, 6.07) is -0.666. The smallest absolute Gasteiger partial charge is 0.220 e. The molecule has 0 bridgehead atoms. The summed E-state index contributed by atoms with van der Waals surface area (Å²) < 4.78 is 21.1. The fourth-order valence-electron chi connectivity index (χ4n) is 4.29. The van der Waals surface area contributed by atoms with Crippen molar-refractivity contribution >= 4 is 23.4 Å². The van der Waals surface area contributed by atoms with Crippen molar-refractivity contribution in [2.45, 2.75) is 100.0 Å². The van der Waals surface area contributed by atoms with Crippen LogP contribution in [0.1, 0.15) is 93.9 Å². The van der Waals surface area contributed by atoms with Gasteiger partial charge in [0.05, 0.1) is 52.3 Å². The second kappa shape index (κ2) is 21.8. The predicted molar refractivity (Wildman–Crippen MR) is 164 cm³/mol. The number of carbonyl (C=O) groups excluding carboxylic acids is 4. The number of rotatable bonds is 24. The first kappa shape index (κ1) is 40.1. The SMILES string of the molecule is COCCOCCOCCOCCNC(=O)CC[C@H](CC(=O)[C@@H](NC(=O)CCCC(C)(C)C)C(C)C)C(=O)C(C)(C)C. The number of hydrogen-bond acceptors (Lipinski definition) is 8. The molecule has 0 aromatic rings. The van der Waals surface area contributed by atoms with E-state index in [1.54, 1.807) is 7.11 Å². The molecule has 246 valence electrons. The van der Waals surface area contributed by atoms with Gasteiger partial charge >= 0.3 is 0 Å². The van der Waals surface area contributed by atoms with Gasteiger partial charge in [0.25, 0.3) is 0 Å². The number of ether oxygens (including phenoxy) is 4. The lowest BCUT2D eigenvalue weighted by Crippen LogP contribution is -2.45. The highest BCUT2D eigenvalue weighted by atomic mass is 16.6. The summed E-state index contributed by atoms with van der Waals surface area (Å²) in [5, 5.41) is 5.71. The van der Waals surface area contributed by atoms with Crippen molar-refractivity contribution in [2.75, 3.05) is 59.9 Å². The lowest BCUT2D eigenvalue weighted by molar-refractivity contribution is -0.135. The Morgan fingerprint density at radius 2 is 1.29 bits per heavy atom.